The molecule has 32 heavy (non-hydrogen) atoms. The summed E-state index contributed by atoms with van der Waals surface area (Å²) in [6, 6.07) is 10.3. The van der Waals surface area contributed by atoms with Crippen LogP contribution < -0.4 is 0 Å². The number of hydrogen-bond donors (Lipinski definition) is 2. The van der Waals surface area contributed by atoms with E-state index in [1.54, 1.807) is 28.7 Å². The van der Waals surface area contributed by atoms with E-state index in [0.717, 1.165) is 29.7 Å². The quantitative estimate of drug-likeness (QED) is 0.535. The Kier molecular flexibility index (Phi) is 5.58. The van der Waals surface area contributed by atoms with Gasteiger partial charge in [0.1, 0.15) is 10.7 Å². The lowest BCUT2D eigenvalue weighted by Crippen LogP contribution is -2.47. The van der Waals surface area contributed by atoms with Crippen LogP contribution in [0.1, 0.15) is 31.2 Å². The second kappa shape index (κ2) is 8.15. The lowest BCUT2D eigenvalue weighted by Gasteiger charge is -2.36. The number of fused-ring (bicyclic) bond motifs is 2. The smallest absolute Gasteiger partial charge is 0.245 e. The molecule has 0 saturated carbocycles. The minimum Gasteiger partial charge on any atom is -0.393 e. The van der Waals surface area contributed by atoms with Crippen LogP contribution in [-0.4, -0.2) is 46.0 Å². The number of halogens is 2. The van der Waals surface area contributed by atoms with Crippen LogP contribution >= 0.6 is 23.2 Å². The van der Waals surface area contributed by atoms with Gasteiger partial charge in [0, 0.05) is 28.2 Å². The molecule has 2 aliphatic heterocycles. The van der Waals surface area contributed by atoms with Gasteiger partial charge in [-0.1, -0.05) is 35.3 Å². The van der Waals surface area contributed by atoms with E-state index in [0.29, 0.717) is 29.3 Å². The molecule has 3 aromatic rings. The maximum atomic E-state index is 13.6. The lowest BCUT2D eigenvalue weighted by molar-refractivity contribution is 0.0769. The molecule has 2 aromatic carbocycles. The van der Waals surface area contributed by atoms with Crippen molar-refractivity contribution in [2.24, 2.45) is 0 Å². The Hall–Kier alpha value is -1.90. The number of nitrogens with zero attached hydrogens (tertiary/aromatic N) is 2. The number of H-pyrrole nitrogens is 1. The first-order valence-electron chi connectivity index (χ1n) is 10.6. The topological polar surface area (TPSA) is 86.3 Å². The molecule has 2 bridgehead atoms. The Morgan fingerprint density at radius 3 is 2.41 bits per heavy atom. The monoisotopic (exact) mass is 491 g/mol. The summed E-state index contributed by atoms with van der Waals surface area (Å²) >= 11 is 12.6. The van der Waals surface area contributed by atoms with Crippen LogP contribution in [0.5, 0.6) is 0 Å². The summed E-state index contributed by atoms with van der Waals surface area (Å²) in [4.78, 5) is 7.77. The molecule has 0 spiro atoms. The molecule has 0 amide bonds. The molecule has 9 heteroatoms. The van der Waals surface area contributed by atoms with Crippen molar-refractivity contribution in [2.75, 3.05) is 0 Å². The molecule has 2 saturated heterocycles. The average molecular weight is 492 g/mol. The Morgan fingerprint density at radius 1 is 1.03 bits per heavy atom. The summed E-state index contributed by atoms with van der Waals surface area (Å²) in [7, 11) is -3.81. The number of piperidine rings is 1. The number of nitrogens with one attached hydrogen (secondary N) is 1. The SMILES string of the molecule is Cc1ccc(-c2cnc(-c3ccc(Cl)c(S(=O)(=O)N4C5CC[C@@H]4C[C@H](O)C5)c3)[nH]2)cc1Cl. The number of benzene rings is 2. The fourth-order valence-electron chi connectivity index (χ4n) is 4.83. The third kappa shape index (κ3) is 3.76. The number of imidazole rings is 1. The van der Waals surface area contributed by atoms with Crippen LogP contribution in [0.25, 0.3) is 22.6 Å². The molecular weight excluding hydrogens is 469 g/mol. The number of aromatic nitrogens is 2. The van der Waals surface area contributed by atoms with Gasteiger partial charge in [-0.15, -0.1) is 0 Å². The van der Waals surface area contributed by atoms with Crippen molar-refractivity contribution in [3.63, 3.8) is 0 Å². The Bertz CT molecular complexity index is 1280. The highest BCUT2D eigenvalue weighted by atomic mass is 35.5. The highest BCUT2D eigenvalue weighted by molar-refractivity contribution is 7.89. The minimum atomic E-state index is -3.81. The van der Waals surface area contributed by atoms with Crippen LogP contribution in [0.3, 0.4) is 0 Å². The number of aryl methyl sites for hydroxylation is 1. The van der Waals surface area contributed by atoms with E-state index in [-0.39, 0.29) is 22.0 Å². The highest BCUT2D eigenvalue weighted by Crippen LogP contribution is 2.41. The van der Waals surface area contributed by atoms with Crippen LogP contribution in [0.15, 0.2) is 47.5 Å². The van der Waals surface area contributed by atoms with Crippen LogP contribution in [0.4, 0.5) is 0 Å². The van der Waals surface area contributed by atoms with Crippen molar-refractivity contribution >= 4 is 33.2 Å². The van der Waals surface area contributed by atoms with Gasteiger partial charge in [0.05, 0.1) is 23.0 Å². The van der Waals surface area contributed by atoms with E-state index in [4.69, 9.17) is 23.2 Å². The predicted octanol–water partition coefficient (Wildman–Crippen LogP) is 5.04. The van der Waals surface area contributed by atoms with Crippen molar-refractivity contribution < 1.29 is 13.5 Å². The fraction of sp³-hybridized carbons (Fsp3) is 0.348. The average Bonchev–Trinajstić information content (AvgIpc) is 3.34. The summed E-state index contributed by atoms with van der Waals surface area (Å²) in [6.07, 6.45) is 3.71. The van der Waals surface area contributed by atoms with Crippen molar-refractivity contribution in [1.29, 1.82) is 0 Å². The minimum absolute atomic E-state index is 0.0706. The molecule has 5 rings (SSSR count). The van der Waals surface area contributed by atoms with E-state index in [2.05, 4.69) is 9.97 Å². The van der Waals surface area contributed by atoms with Gasteiger partial charge >= 0.3 is 0 Å². The molecule has 0 radical (unpaired) electrons. The van der Waals surface area contributed by atoms with Gasteiger partial charge in [0.2, 0.25) is 10.0 Å². The second-order valence-electron chi connectivity index (χ2n) is 8.60. The number of aromatic amines is 1. The molecule has 0 aliphatic carbocycles. The third-order valence-electron chi connectivity index (χ3n) is 6.46. The maximum Gasteiger partial charge on any atom is 0.245 e. The van der Waals surface area contributed by atoms with Crippen LogP contribution in [0.2, 0.25) is 10.0 Å². The Labute approximate surface area is 197 Å². The molecule has 2 fully saturated rings. The number of rotatable bonds is 4. The summed E-state index contributed by atoms with van der Waals surface area (Å²) in [6.45, 7) is 1.94. The summed E-state index contributed by atoms with van der Waals surface area (Å²) < 4.78 is 28.7. The highest BCUT2D eigenvalue weighted by Gasteiger charge is 2.47. The number of aliphatic hydroxyl groups is 1. The zero-order valence-electron chi connectivity index (χ0n) is 17.4. The fourth-order valence-corrected chi connectivity index (χ4v) is 7.41. The first-order chi connectivity index (χ1) is 15.2. The number of aliphatic hydroxyl groups excluding tert-OH is 1. The van der Waals surface area contributed by atoms with Crippen LogP contribution in [-0.2, 0) is 10.0 Å². The van der Waals surface area contributed by atoms with Gasteiger partial charge in [-0.2, -0.15) is 4.31 Å². The van der Waals surface area contributed by atoms with E-state index in [9.17, 15) is 13.5 Å². The van der Waals surface area contributed by atoms with Gasteiger partial charge in [0.25, 0.3) is 0 Å². The second-order valence-corrected chi connectivity index (χ2v) is 11.2. The van der Waals surface area contributed by atoms with Gasteiger partial charge < -0.3 is 10.1 Å². The zero-order chi connectivity index (χ0) is 22.6. The van der Waals surface area contributed by atoms with Gasteiger partial charge in [-0.3, -0.25) is 0 Å². The summed E-state index contributed by atoms with van der Waals surface area (Å²) in [5.41, 5.74) is 3.29. The van der Waals surface area contributed by atoms with Crippen molar-refractivity contribution in [2.45, 2.75) is 55.7 Å². The molecule has 3 atom stereocenters. The normalized spacial score (nSPS) is 23.6. The molecule has 3 heterocycles. The molecule has 1 unspecified atom stereocenters. The number of sulfonamides is 1. The molecule has 168 valence electrons. The molecule has 2 aliphatic rings. The summed E-state index contributed by atoms with van der Waals surface area (Å²) in [5.74, 6) is 0.543. The maximum absolute atomic E-state index is 13.6. The molecule has 2 N–H and O–H groups in total. The van der Waals surface area contributed by atoms with Gasteiger partial charge in [-0.25, -0.2) is 13.4 Å². The van der Waals surface area contributed by atoms with E-state index >= 15 is 0 Å². The first kappa shape index (κ1) is 21.9. The number of hydrogen-bond acceptors (Lipinski definition) is 4. The molecule has 6 nitrogen and oxygen atoms in total. The van der Waals surface area contributed by atoms with E-state index in [1.807, 2.05) is 25.1 Å². The predicted molar refractivity (Wildman–Crippen MR) is 125 cm³/mol. The van der Waals surface area contributed by atoms with Crippen LogP contribution in [0, 0.1) is 6.92 Å². The van der Waals surface area contributed by atoms with E-state index in [1.165, 1.54) is 0 Å². The molecule has 1 aromatic heterocycles. The van der Waals surface area contributed by atoms with Gasteiger partial charge in [0.15, 0.2) is 0 Å². The Morgan fingerprint density at radius 2 is 1.72 bits per heavy atom. The van der Waals surface area contributed by atoms with Crippen molar-refractivity contribution in [3.05, 3.63) is 58.2 Å². The van der Waals surface area contributed by atoms with Crippen molar-refractivity contribution in [3.8, 4) is 22.6 Å². The zero-order valence-corrected chi connectivity index (χ0v) is 19.8. The lowest BCUT2D eigenvalue weighted by atomic mass is 10.0. The largest absolute Gasteiger partial charge is 0.393 e. The van der Waals surface area contributed by atoms with Crippen molar-refractivity contribution in [1.82, 2.24) is 14.3 Å². The standard InChI is InChI=1S/C23H23Cl2N3O3S/c1-13-2-3-14(8-20(13)25)21-12-26-23(27-21)15-4-7-19(24)22(9-15)32(30,31)28-16-5-6-17(28)11-18(29)10-16/h2-4,7-9,12,16-18,29H,5-6,10-11H2,1H3,(H,26,27)/t16-,17?,18+/m1/s1. The van der Waals surface area contributed by atoms with Gasteiger partial charge in [-0.05, 0) is 62.4 Å². The Balaban J connectivity index is 1.50. The first-order valence-corrected chi connectivity index (χ1v) is 12.8. The third-order valence-corrected chi connectivity index (χ3v) is 9.35. The molecular formula is C23H23Cl2N3O3S. The van der Waals surface area contributed by atoms with E-state index < -0.39 is 16.1 Å². The summed E-state index contributed by atoms with van der Waals surface area (Å²) in [5, 5.41) is 10.9.